The second-order valence-corrected chi connectivity index (χ2v) is 5.23. The zero-order valence-electron chi connectivity index (χ0n) is 11.4. The number of carboxylic acid groups (broad SMARTS) is 1. The molecule has 0 bridgehead atoms. The highest BCUT2D eigenvalue weighted by molar-refractivity contribution is 7.99. The van der Waals surface area contributed by atoms with Gasteiger partial charge in [-0.2, -0.15) is 0 Å². The van der Waals surface area contributed by atoms with Crippen LogP contribution in [0.5, 0.6) is 5.75 Å². The summed E-state index contributed by atoms with van der Waals surface area (Å²) in [5.41, 5.74) is 1.90. The number of hydrogen-bond acceptors (Lipinski definition) is 4. The molecule has 0 atom stereocenters. The lowest BCUT2D eigenvalue weighted by atomic mass is 10.2. The van der Waals surface area contributed by atoms with Crippen LogP contribution < -0.4 is 4.74 Å². The number of carboxylic acids is 1. The van der Waals surface area contributed by atoms with Gasteiger partial charge in [-0.1, -0.05) is 30.0 Å². The molecule has 0 aliphatic heterocycles. The van der Waals surface area contributed by atoms with Crippen molar-refractivity contribution < 1.29 is 14.6 Å². The van der Waals surface area contributed by atoms with E-state index in [2.05, 4.69) is 4.98 Å². The lowest BCUT2D eigenvalue weighted by molar-refractivity contribution is -0.133. The maximum atomic E-state index is 10.7. The average Bonchev–Trinajstić information content (AvgIpc) is 2.77. The fraction of sp³-hybridized carbons (Fsp3) is 0.286. The van der Waals surface area contributed by atoms with Gasteiger partial charge in [-0.3, -0.25) is 4.79 Å². The summed E-state index contributed by atoms with van der Waals surface area (Å²) in [6, 6.07) is 7.76. The number of imidazole rings is 1. The number of thioether (sulfide) groups is 1. The largest absolute Gasteiger partial charge is 0.496 e. The third kappa shape index (κ3) is 3.54. The van der Waals surface area contributed by atoms with E-state index in [1.54, 1.807) is 7.11 Å². The number of aryl methyl sites for hydroxylation is 1. The molecule has 106 valence electrons. The van der Waals surface area contributed by atoms with E-state index in [0.717, 1.165) is 17.0 Å². The van der Waals surface area contributed by atoms with Gasteiger partial charge in [0.15, 0.2) is 5.16 Å². The Hall–Kier alpha value is -1.95. The van der Waals surface area contributed by atoms with E-state index < -0.39 is 5.97 Å². The van der Waals surface area contributed by atoms with Crippen molar-refractivity contribution >= 4 is 17.7 Å². The Balaban J connectivity index is 2.22. The van der Waals surface area contributed by atoms with E-state index in [1.165, 1.54) is 11.8 Å². The number of para-hydroxylation sites is 1. The Bertz CT molecular complexity index is 610. The van der Waals surface area contributed by atoms with E-state index in [1.807, 2.05) is 42.0 Å². The average molecular weight is 292 g/mol. The first kappa shape index (κ1) is 14.5. The number of aromatic nitrogens is 2. The van der Waals surface area contributed by atoms with Crippen molar-refractivity contribution in [2.75, 3.05) is 12.9 Å². The van der Waals surface area contributed by atoms with Crippen LogP contribution in [-0.4, -0.2) is 33.5 Å². The summed E-state index contributed by atoms with van der Waals surface area (Å²) in [5, 5.41) is 9.47. The van der Waals surface area contributed by atoms with Gasteiger partial charge in [0.1, 0.15) is 5.75 Å². The molecule has 5 nitrogen and oxygen atoms in total. The maximum absolute atomic E-state index is 10.7. The summed E-state index contributed by atoms with van der Waals surface area (Å²) in [4.78, 5) is 15.0. The van der Waals surface area contributed by atoms with Gasteiger partial charge in [0, 0.05) is 11.8 Å². The van der Waals surface area contributed by atoms with E-state index in [9.17, 15) is 4.79 Å². The summed E-state index contributed by atoms with van der Waals surface area (Å²) < 4.78 is 7.27. The van der Waals surface area contributed by atoms with Gasteiger partial charge in [0.25, 0.3) is 0 Å². The quantitative estimate of drug-likeness (QED) is 0.828. The first-order chi connectivity index (χ1) is 9.60. The normalized spacial score (nSPS) is 10.5. The Morgan fingerprint density at radius 3 is 2.90 bits per heavy atom. The molecule has 1 heterocycles. The second kappa shape index (κ2) is 6.47. The van der Waals surface area contributed by atoms with Crippen LogP contribution in [0.25, 0.3) is 0 Å². The number of aliphatic carboxylic acids is 1. The molecule has 0 radical (unpaired) electrons. The van der Waals surface area contributed by atoms with Crippen LogP contribution in [0.3, 0.4) is 0 Å². The Kier molecular flexibility index (Phi) is 4.68. The third-order valence-electron chi connectivity index (χ3n) is 2.72. The SMILES string of the molecule is COc1ccccc1Cn1cc(C)nc1SCC(=O)O. The predicted molar refractivity (Wildman–Crippen MR) is 77.4 cm³/mol. The van der Waals surface area contributed by atoms with Crippen molar-refractivity contribution in [1.82, 2.24) is 9.55 Å². The number of carbonyl (C=O) groups is 1. The number of benzene rings is 1. The fourth-order valence-electron chi connectivity index (χ4n) is 1.90. The highest BCUT2D eigenvalue weighted by Crippen LogP contribution is 2.23. The third-order valence-corrected chi connectivity index (χ3v) is 3.69. The minimum absolute atomic E-state index is 0.00236. The van der Waals surface area contributed by atoms with E-state index in [0.29, 0.717) is 11.7 Å². The monoisotopic (exact) mass is 292 g/mol. The molecule has 0 saturated carbocycles. The molecule has 0 spiro atoms. The summed E-state index contributed by atoms with van der Waals surface area (Å²) in [6.45, 7) is 2.50. The van der Waals surface area contributed by atoms with Crippen molar-refractivity contribution in [3.8, 4) is 5.75 Å². The first-order valence-corrected chi connectivity index (χ1v) is 7.09. The molecular formula is C14H16N2O3S. The lowest BCUT2D eigenvalue weighted by Gasteiger charge is -2.10. The molecule has 20 heavy (non-hydrogen) atoms. The molecule has 2 rings (SSSR count). The number of methoxy groups -OCH3 is 1. The Morgan fingerprint density at radius 1 is 1.45 bits per heavy atom. The van der Waals surface area contributed by atoms with Crippen molar-refractivity contribution in [2.24, 2.45) is 0 Å². The van der Waals surface area contributed by atoms with Crippen LogP contribution in [0.15, 0.2) is 35.6 Å². The molecule has 0 unspecified atom stereocenters. The topological polar surface area (TPSA) is 64.4 Å². The van der Waals surface area contributed by atoms with Gasteiger partial charge in [-0.25, -0.2) is 4.98 Å². The summed E-state index contributed by atoms with van der Waals surface area (Å²) in [6.07, 6.45) is 1.91. The number of nitrogens with zero attached hydrogens (tertiary/aromatic N) is 2. The van der Waals surface area contributed by atoms with Crippen molar-refractivity contribution in [3.05, 3.63) is 41.7 Å². The van der Waals surface area contributed by atoms with Crippen molar-refractivity contribution in [1.29, 1.82) is 0 Å². The van der Waals surface area contributed by atoms with Gasteiger partial charge < -0.3 is 14.4 Å². The molecular weight excluding hydrogens is 276 g/mol. The van der Waals surface area contributed by atoms with Crippen LogP contribution >= 0.6 is 11.8 Å². The standard InChI is InChI=1S/C14H16N2O3S/c1-10-7-16(14(15-10)20-9-13(17)18)8-11-5-3-4-6-12(11)19-2/h3-7H,8-9H2,1-2H3,(H,17,18). The number of ether oxygens (including phenoxy) is 1. The van der Waals surface area contributed by atoms with Gasteiger partial charge >= 0.3 is 5.97 Å². The van der Waals surface area contributed by atoms with Crippen LogP contribution in [0, 0.1) is 6.92 Å². The number of hydrogen-bond donors (Lipinski definition) is 1. The molecule has 1 aromatic heterocycles. The Labute approximate surface area is 121 Å². The molecule has 6 heteroatoms. The molecule has 0 amide bonds. The van der Waals surface area contributed by atoms with Crippen LogP contribution in [0.1, 0.15) is 11.3 Å². The fourth-order valence-corrected chi connectivity index (χ4v) is 2.64. The van der Waals surface area contributed by atoms with Crippen molar-refractivity contribution in [2.45, 2.75) is 18.6 Å². The predicted octanol–water partition coefficient (Wildman–Crippen LogP) is 2.43. The molecule has 2 aromatic rings. The van der Waals surface area contributed by atoms with Gasteiger partial charge in [-0.05, 0) is 13.0 Å². The number of rotatable bonds is 6. The van der Waals surface area contributed by atoms with Crippen molar-refractivity contribution in [3.63, 3.8) is 0 Å². The minimum atomic E-state index is -0.848. The molecule has 0 fully saturated rings. The van der Waals surface area contributed by atoms with Gasteiger partial charge in [-0.15, -0.1) is 0 Å². The van der Waals surface area contributed by atoms with Gasteiger partial charge in [0.05, 0.1) is 25.1 Å². The molecule has 1 N–H and O–H groups in total. The zero-order chi connectivity index (χ0) is 14.5. The smallest absolute Gasteiger partial charge is 0.313 e. The Morgan fingerprint density at radius 2 is 2.20 bits per heavy atom. The van der Waals surface area contributed by atoms with E-state index in [4.69, 9.17) is 9.84 Å². The molecule has 0 aliphatic rings. The highest BCUT2D eigenvalue weighted by atomic mass is 32.2. The van der Waals surface area contributed by atoms with Gasteiger partial charge in [0.2, 0.25) is 0 Å². The second-order valence-electron chi connectivity index (χ2n) is 4.29. The summed E-state index contributed by atoms with van der Waals surface area (Å²) >= 11 is 1.22. The molecule has 0 aliphatic carbocycles. The lowest BCUT2D eigenvalue weighted by Crippen LogP contribution is -2.04. The maximum Gasteiger partial charge on any atom is 0.313 e. The summed E-state index contributed by atoms with van der Waals surface area (Å²) in [7, 11) is 1.64. The summed E-state index contributed by atoms with van der Waals surface area (Å²) in [5.74, 6) is -0.0323. The van der Waals surface area contributed by atoms with E-state index in [-0.39, 0.29) is 5.75 Å². The minimum Gasteiger partial charge on any atom is -0.496 e. The van der Waals surface area contributed by atoms with E-state index >= 15 is 0 Å². The van der Waals surface area contributed by atoms with Crippen LogP contribution in [0.4, 0.5) is 0 Å². The molecule has 0 saturated heterocycles. The van der Waals surface area contributed by atoms with Crippen LogP contribution in [0.2, 0.25) is 0 Å². The zero-order valence-corrected chi connectivity index (χ0v) is 12.2. The molecule has 1 aromatic carbocycles. The first-order valence-electron chi connectivity index (χ1n) is 6.10. The van der Waals surface area contributed by atoms with Crippen LogP contribution in [-0.2, 0) is 11.3 Å². The highest BCUT2D eigenvalue weighted by Gasteiger charge is 2.11.